The fourth-order valence-electron chi connectivity index (χ4n) is 2.08. The number of rotatable bonds is 6. The topological polar surface area (TPSA) is 64.1 Å². The Morgan fingerprint density at radius 3 is 2.86 bits per heavy atom. The second-order valence-electron chi connectivity index (χ2n) is 4.76. The summed E-state index contributed by atoms with van der Waals surface area (Å²) in [4.78, 5) is 11.6. The number of aromatic nitrogens is 2. The van der Waals surface area contributed by atoms with Gasteiger partial charge >= 0.3 is 0 Å². The van der Waals surface area contributed by atoms with Crippen LogP contribution in [0.5, 0.6) is 5.75 Å². The van der Waals surface area contributed by atoms with Crippen molar-refractivity contribution < 1.29 is 9.53 Å². The van der Waals surface area contributed by atoms with E-state index < -0.39 is 0 Å². The number of amides is 1. The second kappa shape index (κ2) is 7.00. The van der Waals surface area contributed by atoms with Gasteiger partial charge in [0.05, 0.1) is 6.61 Å². The standard InChI is InChI=1S/C16H15N3O2S/c20-16(15-11-22-19-18-15)17-8-3-9-21-14-7-6-12-4-1-2-5-13(12)10-14/h1-2,4-7,10-11H,3,8-9H2,(H,17,20). The van der Waals surface area contributed by atoms with Crippen LogP contribution in [0, 0.1) is 0 Å². The fourth-order valence-corrected chi connectivity index (χ4v) is 2.51. The largest absolute Gasteiger partial charge is 0.494 e. The zero-order valence-electron chi connectivity index (χ0n) is 11.9. The number of benzene rings is 2. The lowest BCUT2D eigenvalue weighted by molar-refractivity contribution is 0.0946. The molecule has 1 aromatic heterocycles. The van der Waals surface area contributed by atoms with Crippen LogP contribution in [-0.4, -0.2) is 28.6 Å². The maximum absolute atomic E-state index is 11.6. The number of ether oxygens (including phenoxy) is 1. The first-order chi connectivity index (χ1) is 10.8. The molecule has 3 rings (SSSR count). The van der Waals surface area contributed by atoms with E-state index in [0.717, 1.165) is 29.1 Å². The Labute approximate surface area is 132 Å². The summed E-state index contributed by atoms with van der Waals surface area (Å²) in [6.45, 7) is 1.10. The maximum Gasteiger partial charge on any atom is 0.272 e. The highest BCUT2D eigenvalue weighted by Crippen LogP contribution is 2.20. The Balaban J connectivity index is 1.43. The third kappa shape index (κ3) is 3.59. The van der Waals surface area contributed by atoms with E-state index in [0.29, 0.717) is 18.8 Å². The van der Waals surface area contributed by atoms with E-state index in [2.05, 4.69) is 27.0 Å². The molecule has 0 spiro atoms. The molecule has 0 aliphatic heterocycles. The van der Waals surface area contributed by atoms with Crippen LogP contribution in [0.25, 0.3) is 10.8 Å². The first-order valence-corrected chi connectivity index (χ1v) is 7.83. The predicted molar refractivity (Wildman–Crippen MR) is 86.3 cm³/mol. The molecule has 1 amide bonds. The molecule has 1 N–H and O–H groups in total. The van der Waals surface area contributed by atoms with Gasteiger partial charge in [-0.1, -0.05) is 34.8 Å². The van der Waals surface area contributed by atoms with Gasteiger partial charge in [0, 0.05) is 11.9 Å². The summed E-state index contributed by atoms with van der Waals surface area (Å²) in [5, 5.41) is 10.5. The monoisotopic (exact) mass is 313 g/mol. The molecule has 0 saturated heterocycles. The number of carbonyl (C=O) groups is 1. The van der Waals surface area contributed by atoms with Crippen LogP contribution in [0.4, 0.5) is 0 Å². The van der Waals surface area contributed by atoms with E-state index in [-0.39, 0.29) is 5.91 Å². The Kier molecular flexibility index (Phi) is 4.60. The molecule has 5 nitrogen and oxygen atoms in total. The van der Waals surface area contributed by atoms with Gasteiger partial charge in [0.15, 0.2) is 5.69 Å². The van der Waals surface area contributed by atoms with Gasteiger partial charge in [0.1, 0.15) is 5.75 Å². The van der Waals surface area contributed by atoms with Crippen molar-refractivity contribution in [2.45, 2.75) is 6.42 Å². The SMILES string of the molecule is O=C(NCCCOc1ccc2ccccc2c1)c1csnn1. The van der Waals surface area contributed by atoms with Gasteiger partial charge in [-0.2, -0.15) is 0 Å². The van der Waals surface area contributed by atoms with Crippen molar-refractivity contribution in [1.29, 1.82) is 0 Å². The molecule has 0 aliphatic carbocycles. The molecule has 0 unspecified atom stereocenters. The van der Waals surface area contributed by atoms with Crippen LogP contribution in [0.3, 0.4) is 0 Å². The van der Waals surface area contributed by atoms with E-state index in [1.54, 1.807) is 5.38 Å². The summed E-state index contributed by atoms with van der Waals surface area (Å²) in [7, 11) is 0. The van der Waals surface area contributed by atoms with Crippen molar-refractivity contribution >= 4 is 28.2 Å². The molecule has 0 aliphatic rings. The number of carbonyl (C=O) groups excluding carboxylic acids is 1. The summed E-state index contributed by atoms with van der Waals surface area (Å²) in [5.74, 6) is 0.646. The molecular weight excluding hydrogens is 298 g/mol. The Morgan fingerprint density at radius 1 is 1.18 bits per heavy atom. The minimum absolute atomic E-state index is 0.195. The molecule has 0 bridgehead atoms. The van der Waals surface area contributed by atoms with Crippen molar-refractivity contribution in [3.63, 3.8) is 0 Å². The van der Waals surface area contributed by atoms with E-state index in [1.807, 2.05) is 30.3 Å². The lowest BCUT2D eigenvalue weighted by Gasteiger charge is -2.07. The predicted octanol–water partition coefficient (Wildman–Crippen LogP) is 2.89. The van der Waals surface area contributed by atoms with E-state index in [1.165, 1.54) is 5.39 Å². The van der Waals surface area contributed by atoms with Crippen molar-refractivity contribution in [3.8, 4) is 5.75 Å². The lowest BCUT2D eigenvalue weighted by atomic mass is 10.1. The Morgan fingerprint density at radius 2 is 2.05 bits per heavy atom. The second-order valence-corrected chi connectivity index (χ2v) is 5.37. The molecule has 3 aromatic rings. The highest BCUT2D eigenvalue weighted by atomic mass is 32.1. The molecule has 6 heteroatoms. The van der Waals surface area contributed by atoms with Crippen LogP contribution >= 0.6 is 11.5 Å². The van der Waals surface area contributed by atoms with Gasteiger partial charge in [-0.3, -0.25) is 4.79 Å². The van der Waals surface area contributed by atoms with E-state index in [4.69, 9.17) is 4.74 Å². The van der Waals surface area contributed by atoms with Crippen molar-refractivity contribution in [2.75, 3.05) is 13.2 Å². The van der Waals surface area contributed by atoms with Gasteiger partial charge in [-0.25, -0.2) is 0 Å². The first kappa shape index (κ1) is 14.5. The average Bonchev–Trinajstić information content (AvgIpc) is 3.09. The Bertz CT molecular complexity index is 759. The number of hydrogen-bond acceptors (Lipinski definition) is 5. The molecule has 0 fully saturated rings. The highest BCUT2D eigenvalue weighted by molar-refractivity contribution is 7.03. The molecule has 0 atom stereocenters. The number of nitrogens with zero attached hydrogens (tertiary/aromatic N) is 2. The number of fused-ring (bicyclic) bond motifs is 1. The summed E-state index contributed by atoms with van der Waals surface area (Å²) in [6, 6.07) is 14.2. The van der Waals surface area contributed by atoms with Gasteiger partial charge in [0.2, 0.25) is 0 Å². The molecule has 112 valence electrons. The summed E-state index contributed by atoms with van der Waals surface area (Å²) >= 11 is 1.16. The Hall–Kier alpha value is -2.47. The third-order valence-corrected chi connectivity index (χ3v) is 3.69. The van der Waals surface area contributed by atoms with Crippen LogP contribution in [0.15, 0.2) is 47.8 Å². The summed E-state index contributed by atoms with van der Waals surface area (Å²) in [5.41, 5.74) is 0.362. The molecule has 0 saturated carbocycles. The van der Waals surface area contributed by atoms with Crippen LogP contribution < -0.4 is 10.1 Å². The van der Waals surface area contributed by atoms with Gasteiger partial charge < -0.3 is 10.1 Å². The zero-order valence-corrected chi connectivity index (χ0v) is 12.7. The van der Waals surface area contributed by atoms with Crippen molar-refractivity contribution in [3.05, 3.63) is 53.5 Å². The summed E-state index contributed by atoms with van der Waals surface area (Å²) in [6.07, 6.45) is 0.732. The quantitative estimate of drug-likeness (QED) is 0.711. The smallest absolute Gasteiger partial charge is 0.272 e. The molecular formula is C16H15N3O2S. The van der Waals surface area contributed by atoms with Gasteiger partial charge in [-0.05, 0) is 40.9 Å². The number of nitrogens with one attached hydrogen (secondary N) is 1. The molecule has 0 radical (unpaired) electrons. The molecule has 22 heavy (non-hydrogen) atoms. The van der Waals surface area contributed by atoms with E-state index >= 15 is 0 Å². The van der Waals surface area contributed by atoms with Crippen LogP contribution in [0.1, 0.15) is 16.9 Å². The average molecular weight is 313 g/mol. The van der Waals surface area contributed by atoms with Crippen molar-refractivity contribution in [2.24, 2.45) is 0 Å². The van der Waals surface area contributed by atoms with Crippen LogP contribution in [-0.2, 0) is 0 Å². The highest BCUT2D eigenvalue weighted by Gasteiger charge is 2.07. The normalized spacial score (nSPS) is 10.5. The third-order valence-electron chi connectivity index (χ3n) is 3.19. The summed E-state index contributed by atoms with van der Waals surface area (Å²) < 4.78 is 9.37. The van der Waals surface area contributed by atoms with Gasteiger partial charge in [0.25, 0.3) is 5.91 Å². The lowest BCUT2D eigenvalue weighted by Crippen LogP contribution is -2.25. The molecule has 2 aromatic carbocycles. The maximum atomic E-state index is 11.6. The minimum Gasteiger partial charge on any atom is -0.494 e. The number of hydrogen-bond donors (Lipinski definition) is 1. The zero-order chi connectivity index (χ0) is 15.2. The van der Waals surface area contributed by atoms with Crippen molar-refractivity contribution in [1.82, 2.24) is 14.9 Å². The van der Waals surface area contributed by atoms with Crippen LogP contribution in [0.2, 0.25) is 0 Å². The minimum atomic E-state index is -0.195. The van der Waals surface area contributed by atoms with Gasteiger partial charge in [-0.15, -0.1) is 5.10 Å². The first-order valence-electron chi connectivity index (χ1n) is 7.00. The van der Waals surface area contributed by atoms with E-state index in [9.17, 15) is 4.79 Å². The fraction of sp³-hybridized carbons (Fsp3) is 0.188. The molecule has 1 heterocycles.